The first-order valence-electron chi connectivity index (χ1n) is 8.98. The van der Waals surface area contributed by atoms with Gasteiger partial charge in [0.15, 0.2) is 0 Å². The fourth-order valence-electron chi connectivity index (χ4n) is 2.79. The van der Waals surface area contributed by atoms with Crippen molar-refractivity contribution in [2.45, 2.75) is 37.2 Å². The zero-order chi connectivity index (χ0) is 19.6. The molecule has 6 heteroatoms. The molecule has 0 unspecified atom stereocenters. The molecule has 0 saturated carbocycles. The summed E-state index contributed by atoms with van der Waals surface area (Å²) >= 11 is 1.61. The Balaban J connectivity index is 2.08. The maximum Gasteiger partial charge on any atom is 0.242 e. The minimum atomic E-state index is -0.547. The predicted molar refractivity (Wildman–Crippen MR) is 107 cm³/mol. The van der Waals surface area contributed by atoms with Gasteiger partial charge in [0.25, 0.3) is 0 Å². The molecule has 0 aromatic heterocycles. The van der Waals surface area contributed by atoms with E-state index in [-0.39, 0.29) is 24.2 Å². The molecule has 0 aliphatic heterocycles. The molecule has 0 spiro atoms. The first-order chi connectivity index (χ1) is 13.0. The average molecular weight is 389 g/mol. The number of nitrogens with zero attached hydrogens (tertiary/aromatic N) is 1. The molecule has 2 aromatic carbocycles. The number of thioether (sulfide) groups is 1. The minimum Gasteiger partial charge on any atom is -0.357 e. The summed E-state index contributed by atoms with van der Waals surface area (Å²) in [6, 6.07) is 15.4. The molecule has 0 fully saturated rings. The van der Waals surface area contributed by atoms with Crippen LogP contribution in [-0.4, -0.2) is 35.6 Å². The van der Waals surface area contributed by atoms with Crippen LogP contribution in [0, 0.1) is 5.82 Å². The van der Waals surface area contributed by atoms with Gasteiger partial charge in [0, 0.05) is 30.7 Å². The van der Waals surface area contributed by atoms with Crippen molar-refractivity contribution >= 4 is 23.6 Å². The third-order valence-corrected chi connectivity index (χ3v) is 5.24. The van der Waals surface area contributed by atoms with E-state index in [4.69, 9.17) is 0 Å². The highest BCUT2D eigenvalue weighted by atomic mass is 32.2. The molecular formula is C21H25FN2O2S. The van der Waals surface area contributed by atoms with Crippen molar-refractivity contribution in [3.63, 3.8) is 0 Å². The van der Waals surface area contributed by atoms with Gasteiger partial charge >= 0.3 is 0 Å². The Morgan fingerprint density at radius 3 is 2.37 bits per heavy atom. The summed E-state index contributed by atoms with van der Waals surface area (Å²) in [6.07, 6.45) is 0.840. The summed E-state index contributed by atoms with van der Waals surface area (Å²) in [5.41, 5.74) is 0.794. The number of halogens is 1. The second kappa shape index (κ2) is 10.7. The quantitative estimate of drug-likeness (QED) is 0.664. The highest BCUT2D eigenvalue weighted by Crippen LogP contribution is 2.20. The Hall–Kier alpha value is -2.34. The number of hydrogen-bond acceptors (Lipinski definition) is 3. The normalized spacial score (nSPS) is 11.7. The summed E-state index contributed by atoms with van der Waals surface area (Å²) < 4.78 is 13.2. The van der Waals surface area contributed by atoms with Gasteiger partial charge in [0.2, 0.25) is 11.8 Å². The topological polar surface area (TPSA) is 49.4 Å². The zero-order valence-corrected chi connectivity index (χ0v) is 16.5. The largest absolute Gasteiger partial charge is 0.357 e. The van der Waals surface area contributed by atoms with Crippen LogP contribution in [0.3, 0.4) is 0 Å². The van der Waals surface area contributed by atoms with E-state index in [0.717, 1.165) is 10.5 Å². The molecule has 2 aromatic rings. The van der Waals surface area contributed by atoms with Crippen LogP contribution in [0.25, 0.3) is 0 Å². The SMILES string of the molecule is CC[C@@H](C(=O)NC)N(Cc1ccc(F)cc1)C(=O)CCSc1ccccc1. The van der Waals surface area contributed by atoms with Crippen molar-refractivity contribution in [2.75, 3.05) is 12.8 Å². The molecule has 27 heavy (non-hydrogen) atoms. The fraction of sp³-hybridized carbons (Fsp3) is 0.333. The van der Waals surface area contributed by atoms with Crippen LogP contribution in [0.2, 0.25) is 0 Å². The van der Waals surface area contributed by atoms with Gasteiger partial charge in [-0.1, -0.05) is 37.3 Å². The van der Waals surface area contributed by atoms with Crippen LogP contribution >= 0.6 is 11.8 Å². The van der Waals surface area contributed by atoms with Gasteiger partial charge in [-0.05, 0) is 36.2 Å². The van der Waals surface area contributed by atoms with Crippen molar-refractivity contribution in [2.24, 2.45) is 0 Å². The molecule has 1 N–H and O–H groups in total. The lowest BCUT2D eigenvalue weighted by molar-refractivity contribution is -0.140. The van der Waals surface area contributed by atoms with Crippen molar-refractivity contribution < 1.29 is 14.0 Å². The monoisotopic (exact) mass is 388 g/mol. The molecule has 2 rings (SSSR count). The summed E-state index contributed by atoms with van der Waals surface area (Å²) in [4.78, 5) is 27.8. The van der Waals surface area contributed by atoms with Crippen LogP contribution < -0.4 is 5.32 Å². The molecule has 0 saturated heterocycles. The molecule has 0 bridgehead atoms. The Kier molecular flexibility index (Phi) is 8.33. The van der Waals surface area contributed by atoms with Gasteiger partial charge in [-0.25, -0.2) is 4.39 Å². The molecule has 2 amide bonds. The third-order valence-electron chi connectivity index (χ3n) is 4.23. The van der Waals surface area contributed by atoms with Gasteiger partial charge in [-0.15, -0.1) is 11.8 Å². The second-order valence-corrected chi connectivity index (χ2v) is 7.27. The number of carbonyl (C=O) groups excluding carboxylic acids is 2. The lowest BCUT2D eigenvalue weighted by atomic mass is 10.1. The van der Waals surface area contributed by atoms with E-state index in [1.54, 1.807) is 35.8 Å². The van der Waals surface area contributed by atoms with E-state index in [9.17, 15) is 14.0 Å². The highest BCUT2D eigenvalue weighted by Gasteiger charge is 2.27. The van der Waals surface area contributed by atoms with Crippen LogP contribution in [0.15, 0.2) is 59.5 Å². The molecule has 0 heterocycles. The molecule has 0 aliphatic carbocycles. The number of carbonyl (C=O) groups is 2. The van der Waals surface area contributed by atoms with Crippen molar-refractivity contribution in [3.05, 3.63) is 66.0 Å². The number of amides is 2. The molecule has 4 nitrogen and oxygen atoms in total. The number of likely N-dealkylation sites (N-methyl/N-ethyl adjacent to an activating group) is 1. The lowest BCUT2D eigenvalue weighted by Crippen LogP contribution is -2.48. The summed E-state index contributed by atoms with van der Waals surface area (Å²) in [5, 5.41) is 2.63. The first kappa shape index (κ1) is 21.0. The Morgan fingerprint density at radius 2 is 1.78 bits per heavy atom. The zero-order valence-electron chi connectivity index (χ0n) is 15.7. The Morgan fingerprint density at radius 1 is 1.11 bits per heavy atom. The first-order valence-corrected chi connectivity index (χ1v) is 9.97. The number of rotatable bonds is 9. The maximum atomic E-state index is 13.2. The van der Waals surface area contributed by atoms with Crippen molar-refractivity contribution in [1.82, 2.24) is 10.2 Å². The molecule has 1 atom stereocenters. The number of hydrogen-bond donors (Lipinski definition) is 1. The summed E-state index contributed by atoms with van der Waals surface area (Å²) in [7, 11) is 1.57. The van der Waals surface area contributed by atoms with Gasteiger partial charge in [0.1, 0.15) is 11.9 Å². The standard InChI is InChI=1S/C21H25FN2O2S/c1-3-19(21(26)23-2)24(15-16-9-11-17(22)12-10-16)20(25)13-14-27-18-7-5-4-6-8-18/h4-12,19H,3,13-15H2,1-2H3,(H,23,26)/t19-/m0/s1. The maximum absolute atomic E-state index is 13.2. The van der Waals surface area contributed by atoms with E-state index >= 15 is 0 Å². The Labute approximate surface area is 164 Å². The van der Waals surface area contributed by atoms with Crippen molar-refractivity contribution in [3.8, 4) is 0 Å². The smallest absolute Gasteiger partial charge is 0.242 e. The molecule has 0 aliphatic rings. The van der Waals surface area contributed by atoms with Gasteiger partial charge in [0.05, 0.1) is 0 Å². The molecule has 144 valence electrons. The predicted octanol–water partition coefficient (Wildman–Crippen LogP) is 3.86. The lowest BCUT2D eigenvalue weighted by Gasteiger charge is -2.30. The van der Waals surface area contributed by atoms with Crippen LogP contribution in [0.4, 0.5) is 4.39 Å². The summed E-state index contributed by atoms with van der Waals surface area (Å²) in [6.45, 7) is 2.16. The second-order valence-electron chi connectivity index (χ2n) is 6.10. The van der Waals surface area contributed by atoms with E-state index in [2.05, 4.69) is 5.32 Å². The van der Waals surface area contributed by atoms with Gasteiger partial charge < -0.3 is 10.2 Å². The van der Waals surface area contributed by atoms with Gasteiger partial charge in [-0.3, -0.25) is 9.59 Å². The van der Waals surface area contributed by atoms with Crippen LogP contribution in [0.5, 0.6) is 0 Å². The number of nitrogens with one attached hydrogen (secondary N) is 1. The fourth-order valence-corrected chi connectivity index (χ4v) is 3.65. The van der Waals surface area contributed by atoms with E-state index < -0.39 is 6.04 Å². The average Bonchev–Trinajstić information content (AvgIpc) is 2.69. The third kappa shape index (κ3) is 6.40. The highest BCUT2D eigenvalue weighted by molar-refractivity contribution is 7.99. The van der Waals surface area contributed by atoms with Crippen LogP contribution in [-0.2, 0) is 16.1 Å². The minimum absolute atomic E-state index is 0.0850. The van der Waals surface area contributed by atoms with Crippen molar-refractivity contribution in [1.29, 1.82) is 0 Å². The molecular weight excluding hydrogens is 363 g/mol. The van der Waals surface area contributed by atoms with Crippen LogP contribution in [0.1, 0.15) is 25.3 Å². The molecule has 0 radical (unpaired) electrons. The summed E-state index contributed by atoms with van der Waals surface area (Å²) in [5.74, 6) is 0.0311. The van der Waals surface area contributed by atoms with Gasteiger partial charge in [-0.2, -0.15) is 0 Å². The van der Waals surface area contributed by atoms with E-state index in [1.807, 2.05) is 37.3 Å². The Bertz CT molecular complexity index is 738. The number of benzene rings is 2. The van der Waals surface area contributed by atoms with E-state index in [0.29, 0.717) is 18.6 Å². The van der Waals surface area contributed by atoms with E-state index in [1.165, 1.54) is 12.1 Å².